The molecule has 1 atom stereocenters. The summed E-state index contributed by atoms with van der Waals surface area (Å²) in [4.78, 5) is 28.1. The zero-order chi connectivity index (χ0) is 25.3. The Morgan fingerprint density at radius 1 is 1.03 bits per heavy atom. The molecule has 0 fully saturated rings. The predicted molar refractivity (Wildman–Crippen MR) is 136 cm³/mol. The van der Waals surface area contributed by atoms with Crippen LogP contribution < -0.4 is 14.8 Å². The molecular formula is C28H40N2O4. The van der Waals surface area contributed by atoms with E-state index in [1.54, 1.807) is 12.0 Å². The second kappa shape index (κ2) is 12.4. The van der Waals surface area contributed by atoms with E-state index in [9.17, 15) is 9.59 Å². The van der Waals surface area contributed by atoms with E-state index in [4.69, 9.17) is 9.47 Å². The van der Waals surface area contributed by atoms with Crippen LogP contribution in [0.15, 0.2) is 48.5 Å². The minimum atomic E-state index is -0.588. The Kier molecular flexibility index (Phi) is 9.97. The largest absolute Gasteiger partial charge is 0.497 e. The van der Waals surface area contributed by atoms with Crippen LogP contribution in [0.5, 0.6) is 11.5 Å². The standard InChI is InChI=1S/C28H40N2O4/c1-8-24(27(32)29-17-20(2)3)30(18-21-13-15-22(33-7)16-14-21)26(31)19-34-25-12-10-9-11-23(25)28(4,5)6/h9-16,20,24H,8,17-19H2,1-7H3,(H,29,32)/t24-/m0/s1. The van der Waals surface area contributed by atoms with Crippen molar-refractivity contribution in [1.29, 1.82) is 0 Å². The van der Waals surface area contributed by atoms with Crippen LogP contribution in [0.2, 0.25) is 0 Å². The van der Waals surface area contributed by atoms with Gasteiger partial charge in [0.15, 0.2) is 6.61 Å². The maximum Gasteiger partial charge on any atom is 0.261 e. The molecule has 0 saturated heterocycles. The summed E-state index contributed by atoms with van der Waals surface area (Å²) in [6.07, 6.45) is 0.504. The van der Waals surface area contributed by atoms with E-state index in [2.05, 4.69) is 26.1 Å². The maximum absolute atomic E-state index is 13.4. The fourth-order valence-corrected chi connectivity index (χ4v) is 3.70. The second-order valence-corrected chi connectivity index (χ2v) is 9.97. The minimum absolute atomic E-state index is 0.120. The van der Waals surface area contributed by atoms with Gasteiger partial charge in [-0.3, -0.25) is 9.59 Å². The van der Waals surface area contributed by atoms with Crippen molar-refractivity contribution in [2.24, 2.45) is 5.92 Å². The highest BCUT2D eigenvalue weighted by molar-refractivity contribution is 5.88. The van der Waals surface area contributed by atoms with Gasteiger partial charge in [-0.2, -0.15) is 0 Å². The number of carbonyl (C=O) groups excluding carboxylic acids is 2. The molecule has 0 aromatic heterocycles. The van der Waals surface area contributed by atoms with Gasteiger partial charge < -0.3 is 19.7 Å². The van der Waals surface area contributed by atoms with Gasteiger partial charge in [-0.15, -0.1) is 0 Å². The van der Waals surface area contributed by atoms with E-state index < -0.39 is 6.04 Å². The number of methoxy groups -OCH3 is 1. The van der Waals surface area contributed by atoms with E-state index >= 15 is 0 Å². The van der Waals surface area contributed by atoms with E-state index in [0.29, 0.717) is 31.2 Å². The van der Waals surface area contributed by atoms with Gasteiger partial charge >= 0.3 is 0 Å². The molecule has 2 amide bonds. The van der Waals surface area contributed by atoms with Gasteiger partial charge in [0.2, 0.25) is 5.91 Å². The first-order valence-electron chi connectivity index (χ1n) is 12.0. The molecule has 2 aromatic carbocycles. The van der Waals surface area contributed by atoms with Crippen molar-refractivity contribution in [3.63, 3.8) is 0 Å². The first-order valence-corrected chi connectivity index (χ1v) is 12.0. The molecule has 0 aliphatic heterocycles. The average Bonchev–Trinajstić information content (AvgIpc) is 2.81. The van der Waals surface area contributed by atoms with Crippen LogP contribution in [0.3, 0.4) is 0 Å². The van der Waals surface area contributed by atoms with Crippen molar-refractivity contribution < 1.29 is 19.1 Å². The van der Waals surface area contributed by atoms with Crippen molar-refractivity contribution in [1.82, 2.24) is 10.2 Å². The highest BCUT2D eigenvalue weighted by Gasteiger charge is 2.29. The van der Waals surface area contributed by atoms with Gasteiger partial charge in [-0.1, -0.05) is 71.9 Å². The number of nitrogens with zero attached hydrogens (tertiary/aromatic N) is 1. The van der Waals surface area contributed by atoms with Gasteiger partial charge in [0.05, 0.1) is 7.11 Å². The van der Waals surface area contributed by atoms with Crippen LogP contribution in [0.4, 0.5) is 0 Å². The molecular weight excluding hydrogens is 428 g/mol. The molecule has 186 valence electrons. The molecule has 0 aliphatic carbocycles. The molecule has 0 aliphatic rings. The van der Waals surface area contributed by atoms with Crippen LogP contribution >= 0.6 is 0 Å². The topological polar surface area (TPSA) is 67.9 Å². The number of nitrogens with one attached hydrogen (secondary N) is 1. The first-order chi connectivity index (χ1) is 16.1. The van der Waals surface area contributed by atoms with Crippen LogP contribution in [-0.4, -0.2) is 43.0 Å². The molecule has 0 bridgehead atoms. The molecule has 2 rings (SSSR count). The van der Waals surface area contributed by atoms with Crippen LogP contribution in [0.1, 0.15) is 59.1 Å². The van der Waals surface area contributed by atoms with Crippen molar-refractivity contribution in [3.8, 4) is 11.5 Å². The molecule has 0 unspecified atom stereocenters. The molecule has 0 spiro atoms. The van der Waals surface area contributed by atoms with Crippen molar-refractivity contribution in [3.05, 3.63) is 59.7 Å². The van der Waals surface area contributed by atoms with Crippen LogP contribution in [0.25, 0.3) is 0 Å². The Morgan fingerprint density at radius 2 is 1.68 bits per heavy atom. The summed E-state index contributed by atoms with van der Waals surface area (Å²) in [6, 6.07) is 14.7. The molecule has 0 saturated carbocycles. The summed E-state index contributed by atoms with van der Waals surface area (Å²) in [7, 11) is 1.61. The van der Waals surface area contributed by atoms with Crippen LogP contribution in [0, 0.1) is 5.92 Å². The quantitative estimate of drug-likeness (QED) is 0.507. The Hall–Kier alpha value is -3.02. The van der Waals surface area contributed by atoms with Crippen molar-refractivity contribution >= 4 is 11.8 Å². The average molecular weight is 469 g/mol. The van der Waals surface area contributed by atoms with Gasteiger partial charge in [0.25, 0.3) is 5.91 Å². The molecule has 6 nitrogen and oxygen atoms in total. The number of benzene rings is 2. The molecule has 0 radical (unpaired) electrons. The number of rotatable bonds is 11. The summed E-state index contributed by atoms with van der Waals surface area (Å²) in [6.45, 7) is 13.1. The van der Waals surface area contributed by atoms with Crippen molar-refractivity contribution in [2.75, 3.05) is 20.3 Å². The summed E-state index contributed by atoms with van der Waals surface area (Å²) in [5.41, 5.74) is 1.83. The van der Waals surface area contributed by atoms with Gasteiger partial charge in [0, 0.05) is 13.1 Å². The third-order valence-electron chi connectivity index (χ3n) is 5.63. The zero-order valence-electron chi connectivity index (χ0n) is 21.7. The predicted octanol–water partition coefficient (Wildman–Crippen LogP) is 4.95. The molecule has 1 N–H and O–H groups in total. The van der Waals surface area contributed by atoms with Gasteiger partial charge in [-0.05, 0) is 47.1 Å². The van der Waals surface area contributed by atoms with Gasteiger partial charge in [0.1, 0.15) is 17.5 Å². The third kappa shape index (κ3) is 7.79. The highest BCUT2D eigenvalue weighted by atomic mass is 16.5. The number of hydrogen-bond donors (Lipinski definition) is 1. The zero-order valence-corrected chi connectivity index (χ0v) is 21.7. The van der Waals surface area contributed by atoms with E-state index in [1.807, 2.05) is 69.3 Å². The monoisotopic (exact) mass is 468 g/mol. The third-order valence-corrected chi connectivity index (χ3v) is 5.63. The minimum Gasteiger partial charge on any atom is -0.497 e. The first kappa shape index (κ1) is 27.2. The Morgan fingerprint density at radius 3 is 2.24 bits per heavy atom. The maximum atomic E-state index is 13.4. The number of carbonyl (C=O) groups is 2. The lowest BCUT2D eigenvalue weighted by Gasteiger charge is -2.31. The van der Waals surface area contributed by atoms with Crippen molar-refractivity contribution in [2.45, 2.75) is 66.0 Å². The number of ether oxygens (including phenoxy) is 2. The lowest BCUT2D eigenvalue weighted by Crippen LogP contribution is -2.50. The lowest BCUT2D eigenvalue weighted by molar-refractivity contribution is -0.143. The Bertz CT molecular complexity index is 932. The fraction of sp³-hybridized carbons (Fsp3) is 0.500. The fourth-order valence-electron chi connectivity index (χ4n) is 3.70. The molecule has 2 aromatic rings. The Balaban J connectivity index is 2.26. The van der Waals surface area contributed by atoms with E-state index in [0.717, 1.165) is 16.9 Å². The molecule has 6 heteroatoms. The summed E-state index contributed by atoms with van der Waals surface area (Å²) in [5.74, 6) is 1.37. The smallest absolute Gasteiger partial charge is 0.261 e. The van der Waals surface area contributed by atoms with E-state index in [1.165, 1.54) is 0 Å². The highest BCUT2D eigenvalue weighted by Crippen LogP contribution is 2.31. The number of para-hydroxylation sites is 1. The summed E-state index contributed by atoms with van der Waals surface area (Å²) < 4.78 is 11.3. The number of amides is 2. The van der Waals surface area contributed by atoms with E-state index in [-0.39, 0.29) is 23.8 Å². The lowest BCUT2D eigenvalue weighted by atomic mass is 9.86. The Labute approximate surface area is 204 Å². The summed E-state index contributed by atoms with van der Waals surface area (Å²) >= 11 is 0. The second-order valence-electron chi connectivity index (χ2n) is 9.97. The van der Waals surface area contributed by atoms with Gasteiger partial charge in [-0.25, -0.2) is 0 Å². The normalized spacial score (nSPS) is 12.2. The number of hydrogen-bond acceptors (Lipinski definition) is 4. The SMILES string of the molecule is CC[C@@H](C(=O)NCC(C)C)N(Cc1ccc(OC)cc1)C(=O)COc1ccccc1C(C)(C)C. The molecule has 0 heterocycles. The molecule has 34 heavy (non-hydrogen) atoms. The van der Waals surface area contributed by atoms with Crippen LogP contribution in [-0.2, 0) is 21.5 Å². The summed E-state index contributed by atoms with van der Waals surface area (Å²) in [5, 5.41) is 2.98.